The third-order valence-electron chi connectivity index (χ3n) is 2.08. The number of hydrogen-bond acceptors (Lipinski definition) is 2. The van der Waals surface area contributed by atoms with Gasteiger partial charge in [-0.15, -0.1) is 0 Å². The monoisotopic (exact) mass is 291 g/mol. The summed E-state index contributed by atoms with van der Waals surface area (Å²) in [7, 11) is 0. The molecule has 0 atom stereocenters. The highest BCUT2D eigenvalue weighted by molar-refractivity contribution is 9.10. The standard InChI is InChI=1S/C10H14BrNO2S/c1-15-5-3-2-4-12-7-8(11)6-9(12)10(13)14/h6-7H,2-5H2,1H3,(H,13,14). The van der Waals surface area contributed by atoms with E-state index in [1.807, 2.05) is 18.0 Å². The average Bonchev–Trinajstić information content (AvgIpc) is 2.55. The van der Waals surface area contributed by atoms with Crippen LogP contribution in [0.25, 0.3) is 0 Å². The van der Waals surface area contributed by atoms with Gasteiger partial charge in [0.1, 0.15) is 5.69 Å². The van der Waals surface area contributed by atoms with Gasteiger partial charge in [-0.05, 0) is 46.8 Å². The Balaban J connectivity index is 2.55. The van der Waals surface area contributed by atoms with E-state index in [9.17, 15) is 4.79 Å². The van der Waals surface area contributed by atoms with Gasteiger partial charge in [0.15, 0.2) is 0 Å². The molecule has 84 valence electrons. The summed E-state index contributed by atoms with van der Waals surface area (Å²) >= 11 is 5.10. The zero-order valence-corrected chi connectivity index (χ0v) is 11.0. The minimum Gasteiger partial charge on any atom is -0.477 e. The number of rotatable bonds is 6. The van der Waals surface area contributed by atoms with Crippen molar-refractivity contribution in [2.75, 3.05) is 12.0 Å². The van der Waals surface area contributed by atoms with Gasteiger partial charge < -0.3 is 9.67 Å². The maximum atomic E-state index is 10.9. The maximum Gasteiger partial charge on any atom is 0.352 e. The quantitative estimate of drug-likeness (QED) is 0.819. The molecule has 0 fully saturated rings. The number of hydrogen-bond donors (Lipinski definition) is 1. The number of halogens is 1. The topological polar surface area (TPSA) is 42.2 Å². The van der Waals surface area contributed by atoms with Gasteiger partial charge in [-0.25, -0.2) is 4.79 Å². The van der Waals surface area contributed by atoms with Crippen LogP contribution in [0.15, 0.2) is 16.7 Å². The molecule has 0 radical (unpaired) electrons. The first-order chi connectivity index (χ1) is 7.15. The molecule has 0 unspecified atom stereocenters. The Kier molecular flexibility index (Phi) is 5.25. The van der Waals surface area contributed by atoms with E-state index in [-0.39, 0.29) is 0 Å². The van der Waals surface area contributed by atoms with E-state index in [1.54, 1.807) is 10.6 Å². The van der Waals surface area contributed by atoms with Gasteiger partial charge in [0.05, 0.1) is 0 Å². The first-order valence-electron chi connectivity index (χ1n) is 4.73. The number of thioether (sulfide) groups is 1. The van der Waals surface area contributed by atoms with E-state index >= 15 is 0 Å². The molecule has 3 nitrogen and oxygen atoms in total. The van der Waals surface area contributed by atoms with Crippen LogP contribution in [0.5, 0.6) is 0 Å². The second-order valence-corrected chi connectivity index (χ2v) is 5.14. The minimum atomic E-state index is -0.870. The molecule has 0 aliphatic carbocycles. The fourth-order valence-electron chi connectivity index (χ4n) is 1.37. The molecule has 1 heterocycles. The SMILES string of the molecule is CSCCCCn1cc(Br)cc1C(=O)O. The molecule has 1 rings (SSSR count). The van der Waals surface area contributed by atoms with Crippen LogP contribution in [-0.4, -0.2) is 27.7 Å². The summed E-state index contributed by atoms with van der Waals surface area (Å²) in [5.41, 5.74) is 0.353. The number of aromatic nitrogens is 1. The summed E-state index contributed by atoms with van der Waals surface area (Å²) in [5, 5.41) is 8.94. The first kappa shape index (κ1) is 12.6. The number of aryl methyl sites for hydroxylation is 1. The van der Waals surface area contributed by atoms with Gasteiger partial charge in [-0.2, -0.15) is 11.8 Å². The highest BCUT2D eigenvalue weighted by Crippen LogP contribution is 2.16. The number of carboxylic acids is 1. The van der Waals surface area contributed by atoms with Crippen molar-refractivity contribution in [1.29, 1.82) is 0 Å². The Bertz CT molecular complexity index is 338. The van der Waals surface area contributed by atoms with Gasteiger partial charge in [0, 0.05) is 17.2 Å². The second-order valence-electron chi connectivity index (χ2n) is 3.24. The minimum absolute atomic E-state index is 0.353. The van der Waals surface area contributed by atoms with Gasteiger partial charge in [0.2, 0.25) is 0 Å². The van der Waals surface area contributed by atoms with E-state index in [4.69, 9.17) is 5.11 Å². The van der Waals surface area contributed by atoms with Gasteiger partial charge in [-0.1, -0.05) is 0 Å². The number of carbonyl (C=O) groups is 1. The van der Waals surface area contributed by atoms with Crippen LogP contribution in [0.2, 0.25) is 0 Å². The smallest absolute Gasteiger partial charge is 0.352 e. The Morgan fingerprint density at radius 2 is 2.33 bits per heavy atom. The summed E-state index contributed by atoms with van der Waals surface area (Å²) in [5.74, 6) is 0.260. The van der Waals surface area contributed by atoms with Crippen LogP contribution in [0.4, 0.5) is 0 Å². The van der Waals surface area contributed by atoms with Crippen molar-refractivity contribution in [2.24, 2.45) is 0 Å². The summed E-state index contributed by atoms with van der Waals surface area (Å²) in [6.45, 7) is 0.772. The van der Waals surface area contributed by atoms with Crippen LogP contribution in [0.1, 0.15) is 23.3 Å². The highest BCUT2D eigenvalue weighted by Gasteiger charge is 2.10. The van der Waals surface area contributed by atoms with Crippen molar-refractivity contribution in [3.63, 3.8) is 0 Å². The second kappa shape index (κ2) is 6.23. The summed E-state index contributed by atoms with van der Waals surface area (Å²) in [4.78, 5) is 10.9. The Morgan fingerprint density at radius 3 is 2.93 bits per heavy atom. The van der Waals surface area contributed by atoms with Crippen LogP contribution in [0, 0.1) is 0 Å². The van der Waals surface area contributed by atoms with E-state index in [1.165, 1.54) is 0 Å². The van der Waals surface area contributed by atoms with E-state index in [0.29, 0.717) is 5.69 Å². The molecule has 5 heteroatoms. The maximum absolute atomic E-state index is 10.9. The molecule has 0 saturated heterocycles. The van der Waals surface area contributed by atoms with E-state index in [0.717, 1.165) is 29.6 Å². The normalized spacial score (nSPS) is 10.5. The van der Waals surface area contributed by atoms with Crippen LogP contribution >= 0.6 is 27.7 Å². The lowest BCUT2D eigenvalue weighted by Crippen LogP contribution is -2.07. The molecule has 15 heavy (non-hydrogen) atoms. The van der Waals surface area contributed by atoms with E-state index < -0.39 is 5.97 Å². The van der Waals surface area contributed by atoms with Crippen molar-refractivity contribution in [3.8, 4) is 0 Å². The largest absolute Gasteiger partial charge is 0.477 e. The molecule has 0 aromatic carbocycles. The molecule has 0 spiro atoms. The van der Waals surface area contributed by atoms with Crippen molar-refractivity contribution in [3.05, 3.63) is 22.4 Å². The predicted octanol–water partition coefficient (Wildman–Crippen LogP) is 3.09. The Morgan fingerprint density at radius 1 is 1.60 bits per heavy atom. The molecule has 1 N–H and O–H groups in total. The van der Waals surface area contributed by atoms with Gasteiger partial charge >= 0.3 is 5.97 Å². The summed E-state index contributed by atoms with van der Waals surface area (Å²) < 4.78 is 2.61. The number of nitrogens with zero attached hydrogens (tertiary/aromatic N) is 1. The summed E-state index contributed by atoms with van der Waals surface area (Å²) in [6, 6.07) is 1.64. The molecule has 1 aromatic rings. The third-order valence-corrected chi connectivity index (χ3v) is 3.21. The molecule has 0 saturated carbocycles. The first-order valence-corrected chi connectivity index (χ1v) is 6.91. The molecule has 0 bridgehead atoms. The average molecular weight is 292 g/mol. The summed E-state index contributed by atoms with van der Waals surface area (Å²) in [6.07, 6.45) is 6.04. The zero-order chi connectivity index (χ0) is 11.3. The van der Waals surface area contributed by atoms with E-state index in [2.05, 4.69) is 22.2 Å². The molecular weight excluding hydrogens is 278 g/mol. The lowest BCUT2D eigenvalue weighted by atomic mass is 10.3. The molecule has 0 aliphatic heterocycles. The lowest BCUT2D eigenvalue weighted by molar-refractivity contribution is 0.0685. The lowest BCUT2D eigenvalue weighted by Gasteiger charge is -2.05. The highest BCUT2D eigenvalue weighted by atomic mass is 79.9. The molecular formula is C10H14BrNO2S. The van der Waals surface area contributed by atoms with Crippen LogP contribution in [0.3, 0.4) is 0 Å². The molecule has 1 aromatic heterocycles. The predicted molar refractivity (Wildman–Crippen MR) is 66.7 cm³/mol. The molecule has 0 amide bonds. The fraction of sp³-hybridized carbons (Fsp3) is 0.500. The van der Waals surface area contributed by atoms with Crippen LogP contribution < -0.4 is 0 Å². The van der Waals surface area contributed by atoms with Crippen molar-refractivity contribution in [2.45, 2.75) is 19.4 Å². The van der Waals surface area contributed by atoms with Crippen molar-refractivity contribution < 1.29 is 9.90 Å². The van der Waals surface area contributed by atoms with Crippen LogP contribution in [-0.2, 0) is 6.54 Å². The third kappa shape index (κ3) is 3.91. The van der Waals surface area contributed by atoms with Gasteiger partial charge in [0.25, 0.3) is 0 Å². The number of carboxylic acid groups (broad SMARTS) is 1. The number of unbranched alkanes of at least 4 members (excludes halogenated alkanes) is 1. The van der Waals surface area contributed by atoms with Crippen molar-refractivity contribution in [1.82, 2.24) is 4.57 Å². The van der Waals surface area contributed by atoms with Gasteiger partial charge in [-0.3, -0.25) is 0 Å². The number of aromatic carboxylic acids is 1. The fourth-order valence-corrected chi connectivity index (χ4v) is 2.32. The van der Waals surface area contributed by atoms with Crippen molar-refractivity contribution >= 4 is 33.7 Å². The molecule has 0 aliphatic rings. The Hall–Kier alpha value is -0.420. The Labute approximate surface area is 102 Å². The zero-order valence-electron chi connectivity index (χ0n) is 8.57.